The number of rotatable bonds is 5. The smallest absolute Gasteiger partial charge is 0.338 e. The largest absolute Gasteiger partial charge is 0.401 e. The van der Waals surface area contributed by atoms with Crippen LogP contribution in [0.5, 0.6) is 0 Å². The highest BCUT2D eigenvalue weighted by Gasteiger charge is 2.34. The van der Waals surface area contributed by atoms with Crippen molar-refractivity contribution in [1.82, 2.24) is 15.1 Å². The maximum absolute atomic E-state index is 12.3. The predicted molar refractivity (Wildman–Crippen MR) is 81.9 cm³/mol. The summed E-state index contributed by atoms with van der Waals surface area (Å²) in [6.07, 6.45) is -3.48. The minimum atomic E-state index is -4.16. The van der Waals surface area contributed by atoms with E-state index >= 15 is 0 Å². The first-order valence-electron chi connectivity index (χ1n) is 7.65. The van der Waals surface area contributed by atoms with E-state index in [0.717, 1.165) is 5.56 Å². The van der Waals surface area contributed by atoms with Gasteiger partial charge in [-0.1, -0.05) is 30.3 Å². The second-order valence-electron chi connectivity index (χ2n) is 6.03. The molecule has 1 saturated heterocycles. The lowest BCUT2D eigenvalue weighted by molar-refractivity contribution is -0.143. The second kappa shape index (κ2) is 7.68. The highest BCUT2D eigenvalue weighted by molar-refractivity contribution is 5.73. The molecule has 0 spiro atoms. The van der Waals surface area contributed by atoms with Crippen LogP contribution in [-0.2, 0) is 6.54 Å². The topological polar surface area (TPSA) is 35.6 Å². The Kier molecular flexibility index (Phi) is 5.87. The molecule has 0 aromatic heterocycles. The quantitative estimate of drug-likeness (QED) is 0.901. The van der Waals surface area contributed by atoms with Gasteiger partial charge >= 0.3 is 12.2 Å². The summed E-state index contributed by atoms with van der Waals surface area (Å²) in [5.74, 6) is 0.0754. The van der Waals surface area contributed by atoms with Gasteiger partial charge in [0, 0.05) is 26.7 Å². The Morgan fingerprint density at radius 1 is 1.35 bits per heavy atom. The monoisotopic (exact) mass is 329 g/mol. The van der Waals surface area contributed by atoms with Gasteiger partial charge in [0.15, 0.2) is 0 Å². The van der Waals surface area contributed by atoms with Gasteiger partial charge in [-0.2, -0.15) is 13.2 Å². The number of carbonyl (C=O) groups excluding carboxylic acids is 1. The first-order chi connectivity index (χ1) is 10.8. The fourth-order valence-electron chi connectivity index (χ4n) is 2.77. The number of hydrogen-bond donors (Lipinski definition) is 1. The number of nitrogens with zero attached hydrogens (tertiary/aromatic N) is 2. The van der Waals surface area contributed by atoms with E-state index in [1.807, 2.05) is 30.3 Å². The van der Waals surface area contributed by atoms with Crippen molar-refractivity contribution in [3.05, 3.63) is 35.9 Å². The maximum atomic E-state index is 12.3. The molecule has 4 nitrogen and oxygen atoms in total. The van der Waals surface area contributed by atoms with Crippen LogP contribution >= 0.6 is 0 Å². The second-order valence-corrected chi connectivity index (χ2v) is 6.03. The Labute approximate surface area is 134 Å². The van der Waals surface area contributed by atoms with Crippen molar-refractivity contribution < 1.29 is 18.0 Å². The van der Waals surface area contributed by atoms with Gasteiger partial charge in [-0.15, -0.1) is 0 Å². The Morgan fingerprint density at radius 2 is 2.04 bits per heavy atom. The summed E-state index contributed by atoms with van der Waals surface area (Å²) in [4.78, 5) is 15.0. The lowest BCUT2D eigenvalue weighted by Gasteiger charge is -2.20. The molecule has 1 fully saturated rings. The van der Waals surface area contributed by atoms with Gasteiger partial charge in [0.25, 0.3) is 0 Å². The number of likely N-dealkylation sites (tertiary alicyclic amines) is 1. The molecule has 1 aromatic rings. The normalized spacial score (nSPS) is 18.9. The summed E-state index contributed by atoms with van der Waals surface area (Å²) >= 11 is 0. The fraction of sp³-hybridized carbons (Fsp3) is 0.562. The van der Waals surface area contributed by atoms with Crippen LogP contribution in [0.3, 0.4) is 0 Å². The van der Waals surface area contributed by atoms with E-state index in [1.165, 1.54) is 4.90 Å². The lowest BCUT2D eigenvalue weighted by Crippen LogP contribution is -2.40. The molecule has 0 saturated carbocycles. The molecule has 2 amide bonds. The van der Waals surface area contributed by atoms with Crippen molar-refractivity contribution in [2.24, 2.45) is 5.92 Å². The Balaban J connectivity index is 1.70. The molecular formula is C16H22F3N3O. The van der Waals surface area contributed by atoms with Gasteiger partial charge in [-0.3, -0.25) is 4.90 Å². The van der Waals surface area contributed by atoms with Crippen molar-refractivity contribution in [3.8, 4) is 0 Å². The Bertz CT molecular complexity index is 507. The summed E-state index contributed by atoms with van der Waals surface area (Å²) in [5, 5.41) is 2.81. The molecule has 0 radical (unpaired) electrons. The first-order valence-corrected chi connectivity index (χ1v) is 7.65. The molecule has 7 heteroatoms. The molecule has 1 aliphatic rings. The lowest BCUT2D eigenvalue weighted by atomic mass is 10.1. The average Bonchev–Trinajstić information content (AvgIpc) is 2.91. The van der Waals surface area contributed by atoms with Crippen LogP contribution in [0.2, 0.25) is 0 Å². The van der Waals surface area contributed by atoms with Crippen molar-refractivity contribution in [1.29, 1.82) is 0 Å². The van der Waals surface area contributed by atoms with Gasteiger partial charge in [-0.05, 0) is 24.4 Å². The summed E-state index contributed by atoms with van der Waals surface area (Å²) in [5.41, 5.74) is 1.03. The summed E-state index contributed by atoms with van der Waals surface area (Å²) < 4.78 is 37.0. The zero-order chi connectivity index (χ0) is 16.9. The predicted octanol–water partition coefficient (Wildman–Crippen LogP) is 2.71. The van der Waals surface area contributed by atoms with Crippen LogP contribution in [0.15, 0.2) is 30.3 Å². The van der Waals surface area contributed by atoms with Gasteiger partial charge in [0.05, 0.1) is 6.54 Å². The third kappa shape index (κ3) is 6.09. The zero-order valence-corrected chi connectivity index (χ0v) is 13.1. The molecule has 1 aromatic carbocycles. The van der Waals surface area contributed by atoms with Crippen molar-refractivity contribution in [2.45, 2.75) is 19.1 Å². The number of benzene rings is 1. The number of nitrogens with one attached hydrogen (secondary N) is 1. The van der Waals surface area contributed by atoms with Crippen LogP contribution in [0.1, 0.15) is 12.0 Å². The molecule has 1 heterocycles. The minimum Gasteiger partial charge on any atom is -0.338 e. The van der Waals surface area contributed by atoms with E-state index < -0.39 is 12.7 Å². The molecule has 128 valence electrons. The third-order valence-corrected chi connectivity index (χ3v) is 3.92. The van der Waals surface area contributed by atoms with Crippen molar-refractivity contribution in [2.75, 3.05) is 33.2 Å². The standard InChI is InChI=1S/C16H22F3N3O/c1-21(10-13-5-3-2-4-6-13)15(23)20-9-14-7-8-22(11-14)12-16(17,18)19/h2-6,14H,7-12H2,1H3,(H,20,23). The highest BCUT2D eigenvalue weighted by atomic mass is 19.4. The third-order valence-electron chi connectivity index (χ3n) is 3.92. The maximum Gasteiger partial charge on any atom is 0.401 e. The number of alkyl halides is 3. The van der Waals surface area contributed by atoms with Gasteiger partial charge in [0.2, 0.25) is 0 Å². The van der Waals surface area contributed by atoms with Crippen molar-refractivity contribution >= 4 is 6.03 Å². The molecular weight excluding hydrogens is 307 g/mol. The van der Waals surface area contributed by atoms with Gasteiger partial charge in [-0.25, -0.2) is 4.79 Å². The number of carbonyl (C=O) groups is 1. The summed E-state index contributed by atoms with van der Waals surface area (Å²) in [6.45, 7) is 0.845. The summed E-state index contributed by atoms with van der Waals surface area (Å²) in [7, 11) is 1.70. The number of hydrogen-bond acceptors (Lipinski definition) is 2. The van der Waals surface area contributed by atoms with E-state index in [0.29, 0.717) is 32.6 Å². The SMILES string of the molecule is CN(Cc1ccccc1)C(=O)NCC1CCN(CC(F)(F)F)C1. The Hall–Kier alpha value is -1.76. The van der Waals surface area contributed by atoms with Crippen LogP contribution in [0, 0.1) is 5.92 Å². The molecule has 1 aliphatic heterocycles. The van der Waals surface area contributed by atoms with E-state index in [9.17, 15) is 18.0 Å². The van der Waals surface area contributed by atoms with Crippen LogP contribution < -0.4 is 5.32 Å². The van der Waals surface area contributed by atoms with Crippen LogP contribution in [0.25, 0.3) is 0 Å². The summed E-state index contributed by atoms with van der Waals surface area (Å²) in [6, 6.07) is 9.41. The highest BCUT2D eigenvalue weighted by Crippen LogP contribution is 2.22. The molecule has 0 aliphatic carbocycles. The van der Waals surface area contributed by atoms with E-state index in [-0.39, 0.29) is 11.9 Å². The van der Waals surface area contributed by atoms with E-state index in [4.69, 9.17) is 0 Å². The molecule has 2 rings (SSSR count). The van der Waals surface area contributed by atoms with E-state index in [2.05, 4.69) is 5.32 Å². The molecule has 0 bridgehead atoms. The van der Waals surface area contributed by atoms with Gasteiger partial charge < -0.3 is 10.2 Å². The van der Waals surface area contributed by atoms with Crippen LogP contribution in [-0.4, -0.2) is 55.2 Å². The number of halogens is 3. The Morgan fingerprint density at radius 3 is 2.70 bits per heavy atom. The fourth-order valence-corrected chi connectivity index (χ4v) is 2.77. The molecule has 23 heavy (non-hydrogen) atoms. The van der Waals surface area contributed by atoms with Gasteiger partial charge in [0.1, 0.15) is 0 Å². The molecule has 1 unspecified atom stereocenters. The van der Waals surface area contributed by atoms with E-state index in [1.54, 1.807) is 11.9 Å². The zero-order valence-electron chi connectivity index (χ0n) is 13.1. The number of urea groups is 1. The van der Waals surface area contributed by atoms with Crippen molar-refractivity contribution in [3.63, 3.8) is 0 Å². The molecule has 1 atom stereocenters. The van der Waals surface area contributed by atoms with Crippen LogP contribution in [0.4, 0.5) is 18.0 Å². The number of amides is 2. The average molecular weight is 329 g/mol. The first kappa shape index (κ1) is 17.6. The molecule has 1 N–H and O–H groups in total. The minimum absolute atomic E-state index is 0.0754.